The fraction of sp³-hybridized carbons (Fsp3) is 0.629. The van der Waals surface area contributed by atoms with Crippen molar-refractivity contribution >= 4 is 11.8 Å². The number of benzene rings is 2. The first-order valence-corrected chi connectivity index (χ1v) is 16.1. The Kier molecular flexibility index (Phi) is 12.1. The minimum absolute atomic E-state index is 0.0128. The highest BCUT2D eigenvalue weighted by Gasteiger charge is 2.32. The molecule has 2 aromatic carbocycles. The van der Waals surface area contributed by atoms with Crippen molar-refractivity contribution in [2.75, 3.05) is 11.4 Å². The average molecular weight is 534 g/mol. The van der Waals surface area contributed by atoms with E-state index in [1.807, 2.05) is 0 Å². The van der Waals surface area contributed by atoms with Crippen LogP contribution in [0.5, 0.6) is 5.75 Å². The first-order valence-electron chi connectivity index (χ1n) is 16.1. The van der Waals surface area contributed by atoms with Crippen molar-refractivity contribution in [3.8, 4) is 16.9 Å². The van der Waals surface area contributed by atoms with Gasteiger partial charge in [-0.25, -0.2) is 4.79 Å². The molecule has 39 heavy (non-hydrogen) atoms. The Balaban J connectivity index is 1.21. The third kappa shape index (κ3) is 9.01. The predicted molar refractivity (Wildman–Crippen MR) is 163 cm³/mol. The van der Waals surface area contributed by atoms with Gasteiger partial charge in [0.15, 0.2) is 0 Å². The molecule has 1 fully saturated rings. The number of carbonyl (C=O) groups excluding carboxylic acids is 1. The molecule has 2 heterocycles. The topological polar surface area (TPSA) is 38.8 Å². The number of cyclic esters (lactones) is 1. The molecular formula is C35H51NO3. The molecule has 1 saturated heterocycles. The number of rotatable bonds is 18. The van der Waals surface area contributed by atoms with E-state index in [2.05, 4.69) is 56.3 Å². The van der Waals surface area contributed by atoms with E-state index in [1.165, 1.54) is 100 Å². The van der Waals surface area contributed by atoms with Crippen molar-refractivity contribution in [3.05, 3.63) is 48.0 Å². The maximum Gasteiger partial charge on any atom is 0.414 e. The first-order chi connectivity index (χ1) is 19.2. The molecule has 4 nitrogen and oxygen atoms in total. The SMILES string of the molecule is CCCCCCCCCCC1Cc2cc(-c3ccc(N4C[C@@H](CCCCCCCC)OC4=O)cc3)ccc2O1. The molecule has 0 aromatic heterocycles. The maximum absolute atomic E-state index is 12.5. The Morgan fingerprint density at radius 1 is 0.667 bits per heavy atom. The number of nitrogens with zero attached hydrogens (tertiary/aromatic N) is 1. The summed E-state index contributed by atoms with van der Waals surface area (Å²) < 4.78 is 11.9. The Morgan fingerprint density at radius 2 is 1.23 bits per heavy atom. The summed E-state index contributed by atoms with van der Waals surface area (Å²) in [6.07, 6.45) is 21.6. The summed E-state index contributed by atoms with van der Waals surface area (Å²) in [6, 6.07) is 14.9. The molecule has 1 unspecified atom stereocenters. The summed E-state index contributed by atoms with van der Waals surface area (Å²) in [5.41, 5.74) is 4.62. The summed E-state index contributed by atoms with van der Waals surface area (Å²) in [6.45, 7) is 5.18. The van der Waals surface area contributed by atoms with Crippen LogP contribution >= 0.6 is 0 Å². The highest BCUT2D eigenvalue weighted by Crippen LogP contribution is 2.35. The van der Waals surface area contributed by atoms with Gasteiger partial charge < -0.3 is 9.47 Å². The van der Waals surface area contributed by atoms with Crippen LogP contribution in [-0.2, 0) is 11.2 Å². The summed E-state index contributed by atoms with van der Waals surface area (Å²) in [7, 11) is 0. The Hall–Kier alpha value is -2.49. The third-order valence-electron chi connectivity index (χ3n) is 8.45. The predicted octanol–water partition coefficient (Wildman–Crippen LogP) is 10.3. The number of amides is 1. The van der Waals surface area contributed by atoms with Crippen molar-refractivity contribution in [3.63, 3.8) is 0 Å². The van der Waals surface area contributed by atoms with Crippen LogP contribution in [0.4, 0.5) is 10.5 Å². The number of anilines is 1. The number of hydrogen-bond acceptors (Lipinski definition) is 3. The third-order valence-corrected chi connectivity index (χ3v) is 8.45. The van der Waals surface area contributed by atoms with Crippen molar-refractivity contribution in [1.82, 2.24) is 0 Å². The minimum atomic E-state index is -0.212. The minimum Gasteiger partial charge on any atom is -0.490 e. The molecule has 0 radical (unpaired) electrons. The van der Waals surface area contributed by atoms with E-state index < -0.39 is 0 Å². The quantitative estimate of drug-likeness (QED) is 0.179. The highest BCUT2D eigenvalue weighted by molar-refractivity contribution is 5.90. The van der Waals surface area contributed by atoms with Crippen LogP contribution in [0.1, 0.15) is 122 Å². The zero-order valence-corrected chi connectivity index (χ0v) is 24.6. The highest BCUT2D eigenvalue weighted by atomic mass is 16.6. The van der Waals surface area contributed by atoms with E-state index in [1.54, 1.807) is 4.90 Å². The zero-order valence-electron chi connectivity index (χ0n) is 24.6. The summed E-state index contributed by atoms with van der Waals surface area (Å²) in [4.78, 5) is 14.3. The molecule has 0 spiro atoms. The van der Waals surface area contributed by atoms with Crippen LogP contribution in [-0.4, -0.2) is 24.8 Å². The lowest BCUT2D eigenvalue weighted by molar-refractivity contribution is 0.135. The second-order valence-corrected chi connectivity index (χ2v) is 11.7. The molecule has 0 bridgehead atoms. The molecule has 2 atom stereocenters. The van der Waals surface area contributed by atoms with E-state index in [4.69, 9.17) is 9.47 Å². The monoisotopic (exact) mass is 533 g/mol. The van der Waals surface area contributed by atoms with E-state index in [9.17, 15) is 4.79 Å². The number of hydrogen-bond donors (Lipinski definition) is 0. The molecule has 2 aliphatic rings. The van der Waals surface area contributed by atoms with Gasteiger partial charge in [-0.05, 0) is 66.6 Å². The molecular weight excluding hydrogens is 482 g/mol. The second kappa shape index (κ2) is 15.9. The van der Waals surface area contributed by atoms with Gasteiger partial charge in [-0.15, -0.1) is 0 Å². The van der Waals surface area contributed by atoms with E-state index in [0.29, 0.717) is 12.6 Å². The fourth-order valence-electron chi connectivity index (χ4n) is 6.04. The van der Waals surface area contributed by atoms with E-state index in [-0.39, 0.29) is 12.2 Å². The van der Waals surface area contributed by atoms with Crippen molar-refractivity contribution < 1.29 is 14.3 Å². The first kappa shape index (κ1) is 29.5. The van der Waals surface area contributed by atoms with Gasteiger partial charge in [0.25, 0.3) is 0 Å². The normalized spacial score (nSPS) is 18.3. The van der Waals surface area contributed by atoms with Crippen LogP contribution in [0.2, 0.25) is 0 Å². The molecule has 2 aliphatic heterocycles. The maximum atomic E-state index is 12.5. The molecule has 4 rings (SSSR count). The van der Waals surface area contributed by atoms with Crippen molar-refractivity contribution in [2.24, 2.45) is 0 Å². The molecule has 2 aromatic rings. The van der Waals surface area contributed by atoms with Crippen LogP contribution in [0.3, 0.4) is 0 Å². The van der Waals surface area contributed by atoms with Gasteiger partial charge in [-0.3, -0.25) is 4.90 Å². The molecule has 0 aliphatic carbocycles. The summed E-state index contributed by atoms with van der Waals surface area (Å²) in [5, 5.41) is 0. The zero-order chi connectivity index (χ0) is 27.3. The summed E-state index contributed by atoms with van der Waals surface area (Å²) in [5.74, 6) is 1.05. The molecule has 214 valence electrons. The standard InChI is InChI=1S/C35H51NO3/c1-3-5-7-9-11-12-14-15-17-32-26-30-25-29(21-24-34(30)38-32)28-19-22-31(23-20-28)36-27-33(39-35(36)37)18-16-13-10-8-6-4-2/h19-25,32-33H,3-18,26-27H2,1-2H3/t32?,33-/m1/s1. The van der Waals surface area contributed by atoms with Gasteiger partial charge in [0.2, 0.25) is 0 Å². The van der Waals surface area contributed by atoms with Crippen LogP contribution in [0.15, 0.2) is 42.5 Å². The second-order valence-electron chi connectivity index (χ2n) is 11.7. The van der Waals surface area contributed by atoms with Gasteiger partial charge >= 0.3 is 6.09 Å². The van der Waals surface area contributed by atoms with E-state index >= 15 is 0 Å². The van der Waals surface area contributed by atoms with Crippen LogP contribution in [0.25, 0.3) is 11.1 Å². The summed E-state index contributed by atoms with van der Waals surface area (Å²) >= 11 is 0. The molecule has 0 saturated carbocycles. The average Bonchev–Trinajstić information content (AvgIpc) is 3.54. The molecule has 0 N–H and O–H groups in total. The number of unbranched alkanes of at least 4 members (excludes halogenated alkanes) is 12. The van der Waals surface area contributed by atoms with Gasteiger partial charge in [0.05, 0.1) is 6.54 Å². The number of fused-ring (bicyclic) bond motifs is 1. The van der Waals surface area contributed by atoms with Crippen molar-refractivity contribution in [2.45, 2.75) is 135 Å². The largest absolute Gasteiger partial charge is 0.490 e. The van der Waals surface area contributed by atoms with Gasteiger partial charge in [-0.2, -0.15) is 0 Å². The lowest BCUT2D eigenvalue weighted by Crippen LogP contribution is -2.24. The van der Waals surface area contributed by atoms with Gasteiger partial charge in [0.1, 0.15) is 18.0 Å². The van der Waals surface area contributed by atoms with Crippen LogP contribution < -0.4 is 9.64 Å². The number of carbonyl (C=O) groups is 1. The van der Waals surface area contributed by atoms with E-state index in [0.717, 1.165) is 37.1 Å². The Labute approximate surface area is 237 Å². The molecule has 1 amide bonds. The lowest BCUT2D eigenvalue weighted by atomic mass is 9.99. The van der Waals surface area contributed by atoms with Crippen LogP contribution in [0, 0.1) is 0 Å². The van der Waals surface area contributed by atoms with Crippen molar-refractivity contribution in [1.29, 1.82) is 0 Å². The van der Waals surface area contributed by atoms with Gasteiger partial charge in [0, 0.05) is 12.1 Å². The fourth-order valence-corrected chi connectivity index (χ4v) is 6.04. The van der Waals surface area contributed by atoms with Gasteiger partial charge in [-0.1, -0.05) is 109 Å². The smallest absolute Gasteiger partial charge is 0.414 e. The number of ether oxygens (including phenoxy) is 2. The Bertz CT molecular complexity index is 1000. The molecule has 4 heteroatoms. The lowest BCUT2D eigenvalue weighted by Gasteiger charge is -2.14. The Morgan fingerprint density at radius 3 is 1.87 bits per heavy atom.